The number of morpholine rings is 1. The van der Waals surface area contributed by atoms with Gasteiger partial charge in [-0.15, -0.1) is 0 Å². The van der Waals surface area contributed by atoms with Crippen LogP contribution in [0.1, 0.15) is 57.9 Å². The molecule has 1 aromatic carbocycles. The second-order valence-electron chi connectivity index (χ2n) is 11.5. The van der Waals surface area contributed by atoms with Crippen molar-refractivity contribution in [2.45, 2.75) is 57.8 Å². The maximum absolute atomic E-state index is 6.19. The number of anilines is 3. The molecule has 3 fully saturated rings. The van der Waals surface area contributed by atoms with E-state index >= 15 is 0 Å². The van der Waals surface area contributed by atoms with Crippen molar-refractivity contribution in [3.05, 3.63) is 40.9 Å². The van der Waals surface area contributed by atoms with E-state index in [4.69, 9.17) is 38.5 Å². The molecule has 1 aliphatic carbocycles. The Bertz CT molecular complexity index is 1080. The molecule has 2 atom stereocenters. The van der Waals surface area contributed by atoms with E-state index in [0.29, 0.717) is 36.1 Å². The summed E-state index contributed by atoms with van der Waals surface area (Å²) in [5, 5.41) is 8.20. The maximum atomic E-state index is 6.19. The van der Waals surface area contributed by atoms with E-state index in [9.17, 15) is 0 Å². The van der Waals surface area contributed by atoms with Crippen molar-refractivity contribution in [2.75, 3.05) is 61.1 Å². The van der Waals surface area contributed by atoms with Crippen LogP contribution in [0.15, 0.2) is 30.3 Å². The van der Waals surface area contributed by atoms with Crippen molar-refractivity contribution >= 4 is 46.5 Å². The van der Waals surface area contributed by atoms with Crippen LogP contribution in [0.25, 0.3) is 0 Å². The molecule has 1 saturated carbocycles. The average Bonchev–Trinajstić information content (AvgIpc) is 2.92. The molecule has 0 amide bonds. The zero-order valence-corrected chi connectivity index (χ0v) is 24.3. The lowest BCUT2D eigenvalue weighted by molar-refractivity contribution is 0.122. The van der Waals surface area contributed by atoms with Crippen molar-refractivity contribution < 1.29 is 4.74 Å². The Labute approximate surface area is 237 Å². The van der Waals surface area contributed by atoms with Gasteiger partial charge in [0, 0.05) is 49.2 Å². The van der Waals surface area contributed by atoms with Crippen LogP contribution in [0, 0.1) is 11.8 Å². The molecule has 7 nitrogen and oxygen atoms in total. The smallest absolute Gasteiger partial charge is 0.232 e. The topological polar surface area (TPSA) is 65.6 Å². The number of piperidine rings is 1. The third-order valence-electron chi connectivity index (χ3n) is 8.31. The summed E-state index contributed by atoms with van der Waals surface area (Å²) in [6.45, 7) is 10.5. The molecule has 2 aromatic rings. The first kappa shape index (κ1) is 27.4. The van der Waals surface area contributed by atoms with Gasteiger partial charge in [-0.25, -0.2) is 0 Å². The Balaban J connectivity index is 1.33. The van der Waals surface area contributed by atoms with Crippen molar-refractivity contribution in [1.82, 2.24) is 15.3 Å². The summed E-state index contributed by atoms with van der Waals surface area (Å²) < 4.78 is 5.58. The number of benzene rings is 1. The largest absolute Gasteiger partial charge is 0.378 e. The predicted octanol–water partition coefficient (Wildman–Crippen LogP) is 5.64. The van der Waals surface area contributed by atoms with Crippen LogP contribution < -0.4 is 20.4 Å². The fourth-order valence-corrected chi connectivity index (χ4v) is 6.73. The molecular weight excluding hydrogens is 516 g/mol. The summed E-state index contributed by atoms with van der Waals surface area (Å²) in [7, 11) is 0. The van der Waals surface area contributed by atoms with E-state index in [-0.39, 0.29) is 5.41 Å². The number of nitrogens with one attached hydrogen (secondary N) is 2. The van der Waals surface area contributed by atoms with Crippen LogP contribution in [0.3, 0.4) is 0 Å². The molecule has 5 rings (SSSR count). The van der Waals surface area contributed by atoms with Crippen LogP contribution in [-0.2, 0) is 10.2 Å². The number of halogens is 1. The predicted molar refractivity (Wildman–Crippen MR) is 161 cm³/mol. The molecule has 206 valence electrons. The SMILES string of the molecule is CC1CC(C)CN(c2cc(N3CCOCC3)nc(NC(=S)NCC3(c4ccc(Cl)cc4)CCCCC3)n2)C1. The number of aromatic nitrogens is 2. The van der Waals surface area contributed by atoms with Gasteiger partial charge in [-0.2, -0.15) is 9.97 Å². The van der Waals surface area contributed by atoms with Crippen molar-refractivity contribution in [2.24, 2.45) is 11.8 Å². The van der Waals surface area contributed by atoms with Gasteiger partial charge in [-0.1, -0.05) is 56.8 Å². The molecule has 0 spiro atoms. The molecule has 2 aliphatic heterocycles. The molecule has 3 aliphatic rings. The zero-order valence-electron chi connectivity index (χ0n) is 22.7. The second-order valence-corrected chi connectivity index (χ2v) is 12.4. The van der Waals surface area contributed by atoms with E-state index in [0.717, 1.165) is 62.2 Å². The quantitative estimate of drug-likeness (QED) is 0.443. The monoisotopic (exact) mass is 556 g/mol. The number of rotatable bonds is 6. The molecule has 2 saturated heterocycles. The van der Waals surface area contributed by atoms with Gasteiger partial charge in [0.05, 0.1) is 13.2 Å². The van der Waals surface area contributed by atoms with E-state index in [2.05, 4.69) is 52.5 Å². The van der Waals surface area contributed by atoms with Gasteiger partial charge < -0.3 is 25.2 Å². The van der Waals surface area contributed by atoms with Crippen LogP contribution in [0.5, 0.6) is 0 Å². The maximum Gasteiger partial charge on any atom is 0.232 e. The Morgan fingerprint density at radius 1 is 1.00 bits per heavy atom. The molecule has 2 N–H and O–H groups in total. The van der Waals surface area contributed by atoms with Crippen LogP contribution in [-0.4, -0.2) is 61.0 Å². The molecule has 0 bridgehead atoms. The van der Waals surface area contributed by atoms with Crippen LogP contribution in [0.4, 0.5) is 17.6 Å². The van der Waals surface area contributed by atoms with Crippen LogP contribution >= 0.6 is 23.8 Å². The fourth-order valence-electron chi connectivity index (χ4n) is 6.44. The van der Waals surface area contributed by atoms with Gasteiger partial charge in [0.2, 0.25) is 5.95 Å². The fraction of sp³-hybridized carbons (Fsp3) is 0.621. The minimum atomic E-state index is 0.0519. The Hall–Kier alpha value is -2.16. The van der Waals surface area contributed by atoms with Gasteiger partial charge in [-0.05, 0) is 61.0 Å². The number of ether oxygens (including phenoxy) is 1. The average molecular weight is 557 g/mol. The summed E-state index contributed by atoms with van der Waals surface area (Å²) in [6.07, 6.45) is 7.28. The zero-order chi connectivity index (χ0) is 26.5. The minimum Gasteiger partial charge on any atom is -0.378 e. The van der Waals surface area contributed by atoms with E-state index in [1.54, 1.807) is 0 Å². The van der Waals surface area contributed by atoms with E-state index in [1.165, 1.54) is 31.2 Å². The van der Waals surface area contributed by atoms with Gasteiger partial charge in [0.1, 0.15) is 11.6 Å². The molecule has 38 heavy (non-hydrogen) atoms. The Morgan fingerprint density at radius 2 is 1.63 bits per heavy atom. The third-order valence-corrected chi connectivity index (χ3v) is 8.81. The van der Waals surface area contributed by atoms with Crippen molar-refractivity contribution in [3.8, 4) is 0 Å². The normalized spacial score (nSPS) is 23.7. The summed E-state index contributed by atoms with van der Waals surface area (Å²) >= 11 is 12.0. The molecule has 3 heterocycles. The first-order chi connectivity index (χ1) is 18.4. The Morgan fingerprint density at radius 3 is 2.29 bits per heavy atom. The third kappa shape index (κ3) is 6.69. The highest BCUT2D eigenvalue weighted by Crippen LogP contribution is 2.39. The van der Waals surface area contributed by atoms with E-state index in [1.807, 2.05) is 12.1 Å². The van der Waals surface area contributed by atoms with Crippen molar-refractivity contribution in [1.29, 1.82) is 0 Å². The lowest BCUT2D eigenvalue weighted by Gasteiger charge is -2.38. The molecular formula is C29H41ClN6OS. The number of hydrogen-bond acceptors (Lipinski definition) is 6. The Kier molecular flexibility index (Phi) is 8.91. The lowest BCUT2D eigenvalue weighted by Crippen LogP contribution is -2.44. The number of hydrogen-bond donors (Lipinski definition) is 2. The molecule has 9 heteroatoms. The standard InChI is InChI=1S/C29H41ClN6OS/c1-21-16-22(2)19-36(18-21)26-17-25(35-12-14-37-15-13-35)32-27(33-26)34-28(38)31-20-29(10-4-3-5-11-29)23-6-8-24(30)9-7-23/h6-9,17,21-22H,3-5,10-16,18-20H2,1-2H3,(H2,31,32,33,34,38). The van der Waals surface area contributed by atoms with Gasteiger partial charge >= 0.3 is 0 Å². The van der Waals surface area contributed by atoms with Crippen molar-refractivity contribution in [3.63, 3.8) is 0 Å². The molecule has 2 unspecified atom stereocenters. The lowest BCUT2D eigenvalue weighted by atomic mass is 9.69. The second kappa shape index (κ2) is 12.3. The summed E-state index contributed by atoms with van der Waals surface area (Å²) in [4.78, 5) is 14.5. The highest BCUT2D eigenvalue weighted by atomic mass is 35.5. The minimum absolute atomic E-state index is 0.0519. The number of thiocarbonyl (C=S) groups is 1. The first-order valence-corrected chi connectivity index (χ1v) is 15.0. The molecule has 1 aromatic heterocycles. The van der Waals surface area contributed by atoms with Gasteiger partial charge in [0.15, 0.2) is 5.11 Å². The van der Waals surface area contributed by atoms with E-state index < -0.39 is 0 Å². The summed E-state index contributed by atoms with van der Waals surface area (Å²) in [6, 6.07) is 10.5. The number of nitrogens with zero attached hydrogens (tertiary/aromatic N) is 4. The highest BCUT2D eigenvalue weighted by molar-refractivity contribution is 7.80. The van der Waals surface area contributed by atoms with Crippen LogP contribution in [0.2, 0.25) is 5.02 Å². The molecule has 0 radical (unpaired) electrons. The summed E-state index contributed by atoms with van der Waals surface area (Å²) in [5.41, 5.74) is 1.38. The van der Waals surface area contributed by atoms with Gasteiger partial charge in [-0.3, -0.25) is 0 Å². The highest BCUT2D eigenvalue weighted by Gasteiger charge is 2.34. The summed E-state index contributed by atoms with van der Waals surface area (Å²) in [5.74, 6) is 3.73. The first-order valence-electron chi connectivity index (χ1n) is 14.2. The van der Waals surface area contributed by atoms with Gasteiger partial charge in [0.25, 0.3) is 0 Å².